The van der Waals surface area contributed by atoms with E-state index >= 15 is 0 Å². The summed E-state index contributed by atoms with van der Waals surface area (Å²) in [7, 11) is 1.70. The second-order valence-corrected chi connectivity index (χ2v) is 1.64. The first kappa shape index (κ1) is 8.40. The Kier molecular flexibility index (Phi) is 5.17. The van der Waals surface area contributed by atoms with Crippen LogP contribution in [0.4, 0.5) is 0 Å². The van der Waals surface area contributed by atoms with Crippen molar-refractivity contribution in [3.8, 4) is 0 Å². The Hall–Kier alpha value is -0.600. The summed E-state index contributed by atoms with van der Waals surface area (Å²) in [4.78, 5) is 0. The fourth-order valence-electron chi connectivity index (χ4n) is 0.377. The van der Waals surface area contributed by atoms with Gasteiger partial charge in [-0.25, -0.2) is 0 Å². The van der Waals surface area contributed by atoms with Crippen LogP contribution in [0.5, 0.6) is 0 Å². The number of allylic oxidation sites excluding steroid dienone is 3. The maximum Gasteiger partial charge on any atom is 0.124 e. The van der Waals surface area contributed by atoms with E-state index in [0.717, 1.165) is 0 Å². The molecule has 0 aliphatic heterocycles. The highest BCUT2D eigenvalue weighted by molar-refractivity contribution is 5.02. The number of hydrogen-bond acceptors (Lipinski definition) is 2. The van der Waals surface area contributed by atoms with Gasteiger partial charge in [-0.05, 0) is 20.0 Å². The summed E-state index contributed by atoms with van der Waals surface area (Å²) in [5, 5.41) is 11.5. The van der Waals surface area contributed by atoms with Crippen LogP contribution in [0.1, 0.15) is 6.92 Å². The first-order chi connectivity index (χ1) is 4.31. The lowest BCUT2D eigenvalue weighted by atomic mass is 10.4. The summed E-state index contributed by atoms with van der Waals surface area (Å²) in [5.41, 5.74) is 0. The van der Waals surface area contributed by atoms with E-state index in [1.54, 1.807) is 19.2 Å². The van der Waals surface area contributed by atoms with E-state index in [1.807, 2.05) is 19.1 Å². The summed E-state index contributed by atoms with van der Waals surface area (Å²) < 4.78 is 0. The van der Waals surface area contributed by atoms with Crippen molar-refractivity contribution in [3.63, 3.8) is 0 Å². The highest BCUT2D eigenvalue weighted by Gasteiger charge is 1.86. The fraction of sp³-hybridized carbons (Fsp3) is 0.429. The van der Waals surface area contributed by atoms with Crippen LogP contribution >= 0.6 is 0 Å². The molecule has 2 nitrogen and oxygen atoms in total. The molecule has 0 heterocycles. The number of aliphatic hydroxyl groups excluding tert-OH is 1. The SMILES string of the molecule is CC=CC=CC(O)NC. The monoisotopic (exact) mass is 127 g/mol. The van der Waals surface area contributed by atoms with Crippen LogP contribution in [-0.4, -0.2) is 18.4 Å². The van der Waals surface area contributed by atoms with Crippen LogP contribution < -0.4 is 5.32 Å². The third-order valence-corrected chi connectivity index (χ3v) is 0.893. The largest absolute Gasteiger partial charge is 0.375 e. The predicted molar refractivity (Wildman–Crippen MR) is 39.0 cm³/mol. The zero-order valence-electron chi connectivity index (χ0n) is 5.83. The molecule has 0 aliphatic rings. The minimum Gasteiger partial charge on any atom is -0.375 e. The van der Waals surface area contributed by atoms with E-state index in [9.17, 15) is 0 Å². The maximum absolute atomic E-state index is 8.85. The standard InChI is InChI=1S/C7H13NO/c1-3-4-5-6-7(9)8-2/h3-9H,1-2H3. The zero-order chi connectivity index (χ0) is 7.11. The molecule has 0 spiro atoms. The second kappa shape index (κ2) is 5.54. The van der Waals surface area contributed by atoms with Crippen molar-refractivity contribution >= 4 is 0 Å². The van der Waals surface area contributed by atoms with Crippen LogP contribution in [-0.2, 0) is 0 Å². The first-order valence-corrected chi connectivity index (χ1v) is 2.96. The maximum atomic E-state index is 8.85. The molecular formula is C7H13NO. The van der Waals surface area contributed by atoms with Gasteiger partial charge in [0.1, 0.15) is 6.23 Å². The van der Waals surface area contributed by atoms with Crippen LogP contribution in [0, 0.1) is 0 Å². The van der Waals surface area contributed by atoms with Crippen molar-refractivity contribution < 1.29 is 5.11 Å². The van der Waals surface area contributed by atoms with Crippen molar-refractivity contribution in [1.29, 1.82) is 0 Å². The van der Waals surface area contributed by atoms with Crippen LogP contribution in [0.25, 0.3) is 0 Å². The normalized spacial score (nSPS) is 15.4. The Labute approximate surface area is 55.9 Å². The van der Waals surface area contributed by atoms with Gasteiger partial charge in [0.25, 0.3) is 0 Å². The van der Waals surface area contributed by atoms with Gasteiger partial charge in [0.15, 0.2) is 0 Å². The third-order valence-electron chi connectivity index (χ3n) is 0.893. The van der Waals surface area contributed by atoms with Gasteiger partial charge in [0, 0.05) is 0 Å². The van der Waals surface area contributed by atoms with Gasteiger partial charge in [-0.3, -0.25) is 5.32 Å². The van der Waals surface area contributed by atoms with Gasteiger partial charge in [-0.15, -0.1) is 0 Å². The van der Waals surface area contributed by atoms with E-state index in [2.05, 4.69) is 5.32 Å². The van der Waals surface area contributed by atoms with E-state index in [1.165, 1.54) is 0 Å². The molecule has 9 heavy (non-hydrogen) atoms. The van der Waals surface area contributed by atoms with Crippen LogP contribution in [0.3, 0.4) is 0 Å². The van der Waals surface area contributed by atoms with Gasteiger partial charge >= 0.3 is 0 Å². The van der Waals surface area contributed by atoms with Crippen molar-refractivity contribution in [2.75, 3.05) is 7.05 Å². The molecule has 0 bridgehead atoms. The Bertz CT molecular complexity index is 107. The van der Waals surface area contributed by atoms with Gasteiger partial charge in [-0.1, -0.05) is 18.2 Å². The number of nitrogens with one attached hydrogen (secondary N) is 1. The average molecular weight is 127 g/mol. The number of likely N-dealkylation sites (N-methyl/N-ethyl adjacent to an activating group) is 1. The van der Waals surface area contributed by atoms with E-state index < -0.39 is 6.23 Å². The molecule has 0 saturated carbocycles. The molecule has 0 aromatic carbocycles. The van der Waals surface area contributed by atoms with Crippen LogP contribution in [0.15, 0.2) is 24.3 Å². The number of aliphatic hydroxyl groups is 1. The molecule has 2 heteroatoms. The molecule has 0 aliphatic carbocycles. The molecule has 0 rings (SSSR count). The second-order valence-electron chi connectivity index (χ2n) is 1.64. The number of hydrogen-bond donors (Lipinski definition) is 2. The Morgan fingerprint density at radius 3 is 2.56 bits per heavy atom. The topological polar surface area (TPSA) is 32.3 Å². The summed E-state index contributed by atoms with van der Waals surface area (Å²) in [6, 6.07) is 0. The Morgan fingerprint density at radius 2 is 2.11 bits per heavy atom. The highest BCUT2D eigenvalue weighted by atomic mass is 16.3. The summed E-state index contributed by atoms with van der Waals surface area (Å²) in [6.45, 7) is 1.93. The highest BCUT2D eigenvalue weighted by Crippen LogP contribution is 1.80. The third kappa shape index (κ3) is 5.27. The summed E-state index contributed by atoms with van der Waals surface area (Å²) >= 11 is 0. The first-order valence-electron chi connectivity index (χ1n) is 2.96. The fourth-order valence-corrected chi connectivity index (χ4v) is 0.377. The molecule has 0 radical (unpaired) electrons. The molecule has 52 valence electrons. The van der Waals surface area contributed by atoms with Crippen LogP contribution in [0.2, 0.25) is 0 Å². The number of rotatable bonds is 3. The molecule has 0 fully saturated rings. The lowest BCUT2D eigenvalue weighted by Gasteiger charge is -1.98. The van der Waals surface area contributed by atoms with Crippen molar-refractivity contribution in [2.45, 2.75) is 13.2 Å². The zero-order valence-corrected chi connectivity index (χ0v) is 5.83. The van der Waals surface area contributed by atoms with Gasteiger partial charge in [0.2, 0.25) is 0 Å². The van der Waals surface area contributed by atoms with Crippen molar-refractivity contribution in [3.05, 3.63) is 24.3 Å². The van der Waals surface area contributed by atoms with E-state index in [4.69, 9.17) is 5.11 Å². The Balaban J connectivity index is 3.43. The smallest absolute Gasteiger partial charge is 0.124 e. The summed E-state index contributed by atoms with van der Waals surface area (Å²) in [6.07, 6.45) is 6.70. The quantitative estimate of drug-likeness (QED) is 0.431. The molecular weight excluding hydrogens is 114 g/mol. The minimum absolute atomic E-state index is 0.527. The van der Waals surface area contributed by atoms with E-state index in [0.29, 0.717) is 0 Å². The Morgan fingerprint density at radius 1 is 1.44 bits per heavy atom. The molecule has 0 aromatic heterocycles. The van der Waals surface area contributed by atoms with Crippen molar-refractivity contribution in [2.24, 2.45) is 0 Å². The lowest BCUT2D eigenvalue weighted by molar-refractivity contribution is 0.195. The molecule has 2 N–H and O–H groups in total. The predicted octanol–water partition coefficient (Wildman–Crippen LogP) is 0.657. The molecule has 0 saturated heterocycles. The lowest BCUT2D eigenvalue weighted by Crippen LogP contribution is -2.21. The molecule has 1 unspecified atom stereocenters. The van der Waals surface area contributed by atoms with Gasteiger partial charge < -0.3 is 5.11 Å². The molecule has 0 aromatic rings. The van der Waals surface area contributed by atoms with Gasteiger partial charge in [-0.2, -0.15) is 0 Å². The summed E-state index contributed by atoms with van der Waals surface area (Å²) in [5.74, 6) is 0. The average Bonchev–Trinajstić information content (AvgIpc) is 1.89. The molecule has 1 atom stereocenters. The van der Waals surface area contributed by atoms with E-state index in [-0.39, 0.29) is 0 Å². The van der Waals surface area contributed by atoms with Gasteiger partial charge in [0.05, 0.1) is 0 Å². The molecule has 0 amide bonds. The minimum atomic E-state index is -0.527. The van der Waals surface area contributed by atoms with Crippen molar-refractivity contribution in [1.82, 2.24) is 5.32 Å².